The van der Waals surface area contributed by atoms with Crippen LogP contribution in [-0.4, -0.2) is 44.3 Å². The standard InChI is InChI=1S/C18H34N4OS/c1-6-7-12-23-13-8-10-20-17(19-5)21-11-9-16-22-15(14-24-16)18(2,3)4/h14H,6-13H2,1-5H3,(H2,19,20,21). The van der Waals surface area contributed by atoms with Crippen molar-refractivity contribution in [3.05, 3.63) is 16.1 Å². The number of ether oxygens (including phenoxy) is 1. The highest BCUT2D eigenvalue weighted by Crippen LogP contribution is 2.23. The summed E-state index contributed by atoms with van der Waals surface area (Å²) in [6.45, 7) is 12.1. The fourth-order valence-corrected chi connectivity index (χ4v) is 3.03. The lowest BCUT2D eigenvalue weighted by Crippen LogP contribution is -2.39. The molecule has 6 heteroatoms. The zero-order valence-corrected chi connectivity index (χ0v) is 16.8. The molecule has 0 spiro atoms. The number of rotatable bonds is 10. The van der Waals surface area contributed by atoms with Gasteiger partial charge in [0, 0.05) is 50.6 Å². The van der Waals surface area contributed by atoms with Crippen LogP contribution in [-0.2, 0) is 16.6 Å². The number of guanidine groups is 1. The number of unbranched alkanes of at least 4 members (excludes halogenated alkanes) is 1. The number of aliphatic imine (C=N–C) groups is 1. The van der Waals surface area contributed by atoms with Gasteiger partial charge in [-0.1, -0.05) is 34.1 Å². The van der Waals surface area contributed by atoms with Crippen LogP contribution in [0.15, 0.2) is 10.4 Å². The van der Waals surface area contributed by atoms with Crippen LogP contribution in [0.25, 0.3) is 0 Å². The van der Waals surface area contributed by atoms with Crippen LogP contribution in [0.4, 0.5) is 0 Å². The molecule has 0 aliphatic heterocycles. The molecule has 0 unspecified atom stereocenters. The molecular weight excluding hydrogens is 320 g/mol. The van der Waals surface area contributed by atoms with Gasteiger partial charge in [-0.05, 0) is 12.8 Å². The minimum atomic E-state index is 0.124. The Morgan fingerprint density at radius 3 is 2.54 bits per heavy atom. The SMILES string of the molecule is CCCCOCCCNC(=NC)NCCc1nc(C(C)(C)C)cs1. The molecule has 0 saturated carbocycles. The average Bonchev–Trinajstić information content (AvgIpc) is 3.01. The van der Waals surface area contributed by atoms with Crippen LogP contribution in [0.3, 0.4) is 0 Å². The summed E-state index contributed by atoms with van der Waals surface area (Å²) in [5, 5.41) is 10.0. The molecule has 1 rings (SSSR count). The Balaban J connectivity index is 2.17. The third-order valence-corrected chi connectivity index (χ3v) is 4.48. The number of hydrogen-bond acceptors (Lipinski definition) is 4. The molecule has 0 aliphatic carbocycles. The van der Waals surface area contributed by atoms with Crippen LogP contribution in [0.5, 0.6) is 0 Å². The first-order valence-corrected chi connectivity index (χ1v) is 9.82. The minimum Gasteiger partial charge on any atom is -0.381 e. The first-order valence-electron chi connectivity index (χ1n) is 8.94. The molecule has 0 amide bonds. The molecule has 0 radical (unpaired) electrons. The van der Waals surface area contributed by atoms with Crippen molar-refractivity contribution in [2.45, 2.75) is 58.8 Å². The molecule has 1 heterocycles. The summed E-state index contributed by atoms with van der Waals surface area (Å²) in [6.07, 6.45) is 4.24. The van der Waals surface area contributed by atoms with E-state index in [0.717, 1.165) is 51.5 Å². The van der Waals surface area contributed by atoms with Gasteiger partial charge >= 0.3 is 0 Å². The third kappa shape index (κ3) is 8.64. The van der Waals surface area contributed by atoms with Gasteiger partial charge in [0.1, 0.15) is 0 Å². The summed E-state index contributed by atoms with van der Waals surface area (Å²) in [5.41, 5.74) is 1.30. The maximum Gasteiger partial charge on any atom is 0.190 e. The number of nitrogens with zero attached hydrogens (tertiary/aromatic N) is 2. The van der Waals surface area contributed by atoms with E-state index in [9.17, 15) is 0 Å². The summed E-state index contributed by atoms with van der Waals surface area (Å²) >= 11 is 1.74. The van der Waals surface area contributed by atoms with E-state index in [0.29, 0.717) is 0 Å². The van der Waals surface area contributed by atoms with Gasteiger partial charge in [0.05, 0.1) is 10.7 Å². The highest BCUT2D eigenvalue weighted by Gasteiger charge is 2.17. The van der Waals surface area contributed by atoms with E-state index in [1.165, 1.54) is 17.1 Å². The van der Waals surface area contributed by atoms with Crippen LogP contribution in [0.1, 0.15) is 57.7 Å². The number of hydrogen-bond donors (Lipinski definition) is 2. The average molecular weight is 355 g/mol. The van der Waals surface area contributed by atoms with E-state index in [4.69, 9.17) is 9.72 Å². The summed E-state index contributed by atoms with van der Waals surface area (Å²) in [4.78, 5) is 8.96. The topological polar surface area (TPSA) is 58.5 Å². The molecule has 1 aromatic rings. The van der Waals surface area contributed by atoms with E-state index in [1.807, 2.05) is 0 Å². The summed E-state index contributed by atoms with van der Waals surface area (Å²) in [6, 6.07) is 0. The van der Waals surface area contributed by atoms with E-state index in [-0.39, 0.29) is 5.41 Å². The molecule has 0 aromatic carbocycles. The van der Waals surface area contributed by atoms with E-state index in [2.05, 4.69) is 48.7 Å². The highest BCUT2D eigenvalue weighted by molar-refractivity contribution is 7.09. The first kappa shape index (κ1) is 20.9. The molecule has 0 fully saturated rings. The Morgan fingerprint density at radius 1 is 1.21 bits per heavy atom. The molecular formula is C18H34N4OS. The molecule has 138 valence electrons. The van der Waals surface area contributed by atoms with Crippen LogP contribution >= 0.6 is 11.3 Å². The molecule has 2 N–H and O–H groups in total. The van der Waals surface area contributed by atoms with Crippen molar-refractivity contribution in [2.24, 2.45) is 4.99 Å². The van der Waals surface area contributed by atoms with E-state index >= 15 is 0 Å². The van der Waals surface area contributed by atoms with E-state index < -0.39 is 0 Å². The van der Waals surface area contributed by atoms with Crippen LogP contribution < -0.4 is 10.6 Å². The Bertz CT molecular complexity index is 480. The molecule has 0 bridgehead atoms. The number of nitrogens with one attached hydrogen (secondary N) is 2. The fourth-order valence-electron chi connectivity index (χ4n) is 2.01. The van der Waals surface area contributed by atoms with E-state index in [1.54, 1.807) is 18.4 Å². The molecule has 5 nitrogen and oxygen atoms in total. The smallest absolute Gasteiger partial charge is 0.190 e. The normalized spacial score (nSPS) is 12.5. The Kier molecular flexibility index (Phi) is 9.95. The Morgan fingerprint density at radius 2 is 1.92 bits per heavy atom. The second-order valence-electron chi connectivity index (χ2n) is 6.87. The monoisotopic (exact) mass is 354 g/mol. The lowest BCUT2D eigenvalue weighted by Gasteiger charge is -2.14. The lowest BCUT2D eigenvalue weighted by atomic mass is 9.93. The fraction of sp³-hybridized carbons (Fsp3) is 0.778. The molecule has 1 aromatic heterocycles. The zero-order valence-electron chi connectivity index (χ0n) is 15.9. The van der Waals surface area contributed by atoms with Gasteiger partial charge in [-0.2, -0.15) is 0 Å². The van der Waals surface area contributed by atoms with Crippen LogP contribution in [0, 0.1) is 0 Å². The maximum absolute atomic E-state index is 5.55. The highest BCUT2D eigenvalue weighted by atomic mass is 32.1. The van der Waals surface area contributed by atoms with Gasteiger partial charge in [0.2, 0.25) is 0 Å². The van der Waals surface area contributed by atoms with Gasteiger partial charge in [-0.3, -0.25) is 4.99 Å². The summed E-state index contributed by atoms with van der Waals surface area (Å²) in [5.74, 6) is 0.844. The van der Waals surface area contributed by atoms with Crippen molar-refractivity contribution in [2.75, 3.05) is 33.4 Å². The van der Waals surface area contributed by atoms with Crippen molar-refractivity contribution in [1.82, 2.24) is 15.6 Å². The molecule has 0 atom stereocenters. The van der Waals surface area contributed by atoms with Crippen molar-refractivity contribution in [1.29, 1.82) is 0 Å². The largest absolute Gasteiger partial charge is 0.381 e. The molecule has 0 saturated heterocycles. The third-order valence-electron chi connectivity index (χ3n) is 3.58. The second kappa shape index (κ2) is 11.4. The number of aromatic nitrogens is 1. The van der Waals surface area contributed by atoms with Gasteiger partial charge < -0.3 is 15.4 Å². The second-order valence-corrected chi connectivity index (χ2v) is 7.81. The quantitative estimate of drug-likeness (QED) is 0.384. The lowest BCUT2D eigenvalue weighted by molar-refractivity contribution is 0.129. The van der Waals surface area contributed by atoms with Crippen molar-refractivity contribution in [3.63, 3.8) is 0 Å². The minimum absolute atomic E-state index is 0.124. The maximum atomic E-state index is 5.55. The number of thiazole rings is 1. The predicted molar refractivity (Wildman–Crippen MR) is 104 cm³/mol. The van der Waals surface area contributed by atoms with Gasteiger partial charge in [-0.15, -0.1) is 11.3 Å². The van der Waals surface area contributed by atoms with Gasteiger partial charge in [0.25, 0.3) is 0 Å². The summed E-state index contributed by atoms with van der Waals surface area (Å²) < 4.78 is 5.55. The molecule has 24 heavy (non-hydrogen) atoms. The van der Waals surface area contributed by atoms with Crippen molar-refractivity contribution < 1.29 is 4.74 Å². The molecule has 0 aliphatic rings. The van der Waals surface area contributed by atoms with Gasteiger partial charge in [0.15, 0.2) is 5.96 Å². The van der Waals surface area contributed by atoms with Crippen LogP contribution in [0.2, 0.25) is 0 Å². The van der Waals surface area contributed by atoms with Gasteiger partial charge in [-0.25, -0.2) is 4.98 Å². The first-order chi connectivity index (χ1) is 11.5. The Labute approximate surface area is 151 Å². The van der Waals surface area contributed by atoms with Crippen molar-refractivity contribution >= 4 is 17.3 Å². The Hall–Kier alpha value is -1.14. The predicted octanol–water partition coefficient (Wildman–Crippen LogP) is 3.35. The summed E-state index contributed by atoms with van der Waals surface area (Å²) in [7, 11) is 1.80. The zero-order chi connectivity index (χ0) is 17.8. The van der Waals surface area contributed by atoms with Crippen molar-refractivity contribution in [3.8, 4) is 0 Å².